The molecule has 4 rings (SSSR count). The van der Waals surface area contributed by atoms with Gasteiger partial charge in [-0.25, -0.2) is 4.63 Å². The van der Waals surface area contributed by atoms with Crippen molar-refractivity contribution in [2.75, 3.05) is 0 Å². The van der Waals surface area contributed by atoms with Gasteiger partial charge in [0.25, 0.3) is 0 Å². The van der Waals surface area contributed by atoms with Crippen molar-refractivity contribution in [3.05, 3.63) is 57.1 Å². The molecule has 1 heterocycles. The van der Waals surface area contributed by atoms with Gasteiger partial charge in [0, 0.05) is 5.02 Å². The summed E-state index contributed by atoms with van der Waals surface area (Å²) in [6.45, 7) is 0. The van der Waals surface area contributed by atoms with Crippen molar-refractivity contribution in [1.29, 1.82) is 0 Å². The molecule has 0 amide bonds. The summed E-state index contributed by atoms with van der Waals surface area (Å²) in [5, 5.41) is 9.33. The first-order chi connectivity index (χ1) is 12.2. The van der Waals surface area contributed by atoms with E-state index >= 15 is 0 Å². The minimum absolute atomic E-state index is 0.598. The standard InChI is InChI=1S/C20H20Cl2N2O/c21-17-9-7-15-11-13(5-6-16(15)12-17)3-1-2-4-14-8-10-18(22)20-19(14)23-25-24-20/h7-10,12-13H,1-6,11H2. The van der Waals surface area contributed by atoms with Crippen LogP contribution in [0.3, 0.4) is 0 Å². The van der Waals surface area contributed by atoms with Crippen molar-refractivity contribution < 1.29 is 4.63 Å². The first kappa shape index (κ1) is 16.9. The molecule has 1 atom stereocenters. The molecule has 130 valence electrons. The molecule has 0 radical (unpaired) electrons. The lowest BCUT2D eigenvalue weighted by Gasteiger charge is -2.24. The number of nitrogens with zero attached hydrogens (tertiary/aromatic N) is 2. The highest BCUT2D eigenvalue weighted by Crippen LogP contribution is 2.31. The van der Waals surface area contributed by atoms with Gasteiger partial charge in [0.2, 0.25) is 0 Å². The monoisotopic (exact) mass is 374 g/mol. The van der Waals surface area contributed by atoms with Crippen LogP contribution in [-0.2, 0) is 19.3 Å². The van der Waals surface area contributed by atoms with E-state index < -0.39 is 0 Å². The Balaban J connectivity index is 1.30. The zero-order chi connectivity index (χ0) is 17.2. The van der Waals surface area contributed by atoms with Crippen LogP contribution in [0.5, 0.6) is 0 Å². The first-order valence-electron chi connectivity index (χ1n) is 8.87. The van der Waals surface area contributed by atoms with Gasteiger partial charge in [0.05, 0.1) is 5.02 Å². The van der Waals surface area contributed by atoms with Crippen LogP contribution >= 0.6 is 23.2 Å². The number of rotatable bonds is 5. The quantitative estimate of drug-likeness (QED) is 0.510. The Bertz CT molecular complexity index is 891. The number of hydrogen-bond acceptors (Lipinski definition) is 3. The topological polar surface area (TPSA) is 38.9 Å². The van der Waals surface area contributed by atoms with E-state index in [1.807, 2.05) is 18.2 Å². The number of aromatic nitrogens is 2. The summed E-state index contributed by atoms with van der Waals surface area (Å²) in [5.74, 6) is 0.785. The molecule has 0 saturated heterocycles. The van der Waals surface area contributed by atoms with Crippen LogP contribution in [0.15, 0.2) is 35.0 Å². The van der Waals surface area contributed by atoms with Gasteiger partial charge >= 0.3 is 0 Å². The highest BCUT2D eigenvalue weighted by Gasteiger charge is 2.18. The van der Waals surface area contributed by atoms with E-state index in [4.69, 9.17) is 27.8 Å². The number of benzene rings is 2. The second-order valence-corrected chi connectivity index (χ2v) is 7.78. The van der Waals surface area contributed by atoms with Crippen LogP contribution in [0.1, 0.15) is 42.4 Å². The van der Waals surface area contributed by atoms with Gasteiger partial charge in [0.15, 0.2) is 5.52 Å². The Hall–Kier alpha value is -1.58. The second kappa shape index (κ2) is 7.35. The molecule has 0 aliphatic heterocycles. The molecule has 0 fully saturated rings. The number of unbranched alkanes of at least 4 members (excludes halogenated alkanes) is 1. The van der Waals surface area contributed by atoms with E-state index in [0.29, 0.717) is 10.5 Å². The predicted molar refractivity (Wildman–Crippen MR) is 101 cm³/mol. The molecule has 0 N–H and O–H groups in total. The average Bonchev–Trinajstić information content (AvgIpc) is 3.11. The Morgan fingerprint density at radius 3 is 2.80 bits per heavy atom. The van der Waals surface area contributed by atoms with E-state index in [2.05, 4.69) is 22.4 Å². The summed E-state index contributed by atoms with van der Waals surface area (Å²) in [4.78, 5) is 0. The molecule has 0 saturated carbocycles. The number of fused-ring (bicyclic) bond motifs is 2. The molecular formula is C20H20Cl2N2O. The molecule has 1 aromatic heterocycles. The van der Waals surface area contributed by atoms with Crippen molar-refractivity contribution in [1.82, 2.24) is 10.3 Å². The van der Waals surface area contributed by atoms with Gasteiger partial charge in [0.1, 0.15) is 5.52 Å². The Kier molecular flexibility index (Phi) is 4.96. The molecule has 1 aliphatic carbocycles. The highest BCUT2D eigenvalue weighted by molar-refractivity contribution is 6.34. The summed E-state index contributed by atoms with van der Waals surface area (Å²) in [6.07, 6.45) is 8.24. The molecule has 1 aliphatic rings. The third-order valence-electron chi connectivity index (χ3n) is 5.26. The lowest BCUT2D eigenvalue weighted by atomic mass is 9.81. The van der Waals surface area contributed by atoms with Crippen LogP contribution in [0.2, 0.25) is 10.0 Å². The SMILES string of the molecule is Clc1ccc2c(c1)CCC(CCCCc1ccc(Cl)c3nonc13)C2. The first-order valence-corrected chi connectivity index (χ1v) is 9.63. The number of halogens is 2. The van der Waals surface area contributed by atoms with Crippen molar-refractivity contribution in [2.45, 2.75) is 44.9 Å². The molecular weight excluding hydrogens is 355 g/mol. The van der Waals surface area contributed by atoms with Gasteiger partial charge in [-0.05, 0) is 83.2 Å². The van der Waals surface area contributed by atoms with E-state index in [1.54, 1.807) is 0 Å². The Labute approximate surface area is 157 Å². The van der Waals surface area contributed by atoms with Crippen LogP contribution in [0.4, 0.5) is 0 Å². The maximum absolute atomic E-state index is 6.11. The largest absolute Gasteiger partial charge is 0.243 e. The van der Waals surface area contributed by atoms with Gasteiger partial charge in [-0.15, -0.1) is 0 Å². The molecule has 0 spiro atoms. The van der Waals surface area contributed by atoms with Crippen molar-refractivity contribution in [2.24, 2.45) is 5.92 Å². The van der Waals surface area contributed by atoms with Crippen molar-refractivity contribution in [3.8, 4) is 0 Å². The molecule has 3 nitrogen and oxygen atoms in total. The van der Waals surface area contributed by atoms with Crippen LogP contribution < -0.4 is 0 Å². The van der Waals surface area contributed by atoms with Crippen molar-refractivity contribution >= 4 is 34.2 Å². The molecule has 3 aromatic rings. The van der Waals surface area contributed by atoms with Gasteiger partial charge in [-0.2, -0.15) is 0 Å². The maximum atomic E-state index is 6.11. The fourth-order valence-electron chi connectivity index (χ4n) is 3.88. The predicted octanol–water partition coefficient (Wildman–Crippen LogP) is 6.05. The summed E-state index contributed by atoms with van der Waals surface area (Å²) < 4.78 is 4.84. The van der Waals surface area contributed by atoms with Gasteiger partial charge < -0.3 is 0 Å². The highest BCUT2D eigenvalue weighted by atomic mass is 35.5. The molecule has 2 aromatic carbocycles. The maximum Gasteiger partial charge on any atom is 0.154 e. The third-order valence-corrected chi connectivity index (χ3v) is 5.80. The van der Waals surface area contributed by atoms with E-state index in [1.165, 1.54) is 42.4 Å². The molecule has 25 heavy (non-hydrogen) atoms. The fraction of sp³-hybridized carbons (Fsp3) is 0.400. The minimum Gasteiger partial charge on any atom is -0.243 e. The van der Waals surface area contributed by atoms with Crippen molar-refractivity contribution in [3.63, 3.8) is 0 Å². The molecule has 0 bridgehead atoms. The Morgan fingerprint density at radius 2 is 1.88 bits per heavy atom. The van der Waals surface area contributed by atoms with E-state index in [9.17, 15) is 0 Å². The van der Waals surface area contributed by atoms with Gasteiger partial charge in [-0.1, -0.05) is 48.2 Å². The minimum atomic E-state index is 0.598. The summed E-state index contributed by atoms with van der Waals surface area (Å²) in [5.41, 5.74) is 5.56. The van der Waals surface area contributed by atoms with Crippen LogP contribution in [-0.4, -0.2) is 10.3 Å². The normalized spacial score (nSPS) is 17.0. The lowest BCUT2D eigenvalue weighted by molar-refractivity contribution is 0.315. The summed E-state index contributed by atoms with van der Waals surface area (Å²) in [6, 6.07) is 10.3. The third kappa shape index (κ3) is 3.68. The fourth-order valence-corrected chi connectivity index (χ4v) is 4.26. The molecule has 1 unspecified atom stereocenters. The summed E-state index contributed by atoms with van der Waals surface area (Å²) in [7, 11) is 0. The average molecular weight is 375 g/mol. The van der Waals surface area contributed by atoms with Crippen LogP contribution in [0.25, 0.3) is 11.0 Å². The number of aryl methyl sites for hydroxylation is 2. The zero-order valence-corrected chi connectivity index (χ0v) is 15.5. The van der Waals surface area contributed by atoms with E-state index in [0.717, 1.165) is 35.7 Å². The molecule has 5 heteroatoms. The van der Waals surface area contributed by atoms with Gasteiger partial charge in [-0.3, -0.25) is 0 Å². The van der Waals surface area contributed by atoms with E-state index in [-0.39, 0.29) is 0 Å². The Morgan fingerprint density at radius 1 is 1.00 bits per heavy atom. The lowest BCUT2D eigenvalue weighted by Crippen LogP contribution is -2.14. The number of hydrogen-bond donors (Lipinski definition) is 0. The smallest absolute Gasteiger partial charge is 0.154 e. The summed E-state index contributed by atoms with van der Waals surface area (Å²) >= 11 is 12.2. The zero-order valence-electron chi connectivity index (χ0n) is 14.0. The van der Waals surface area contributed by atoms with Crippen LogP contribution in [0, 0.1) is 5.92 Å². The second-order valence-electron chi connectivity index (χ2n) is 6.94.